The number of aryl methyl sites for hydroxylation is 1. The molecule has 1 aromatic heterocycles. The molecule has 7 heteroatoms. The maximum absolute atomic E-state index is 9.75. The summed E-state index contributed by atoms with van der Waals surface area (Å²) in [6.45, 7) is 6.33. The zero-order chi connectivity index (χ0) is 13.3. The lowest BCUT2D eigenvalue weighted by Gasteiger charge is -1.94. The van der Waals surface area contributed by atoms with Gasteiger partial charge >= 0.3 is 7.25 Å². The van der Waals surface area contributed by atoms with Gasteiger partial charge in [-0.25, -0.2) is 9.13 Å². The number of allylic oxidation sites excluding steroid dienone is 2. The Morgan fingerprint density at radius 1 is 1.18 bits per heavy atom. The average molecular weight is 252 g/mol. The van der Waals surface area contributed by atoms with Crippen molar-refractivity contribution in [3.8, 4) is 0 Å². The average Bonchev–Trinajstić information content (AvgIpc) is 2.64. The molecule has 1 heterocycles. The first-order valence-electron chi connectivity index (χ1n) is 5.44. The normalized spacial score (nSPS) is 11.4. The molecule has 0 atom stereocenters. The molecule has 17 heavy (non-hydrogen) atoms. The number of rotatable bonds is 4. The monoisotopic (exact) mass is 252 g/mol. The molecule has 0 amide bonds. The highest BCUT2D eigenvalue weighted by Crippen LogP contribution is 2.06. The molecule has 0 unspecified atom stereocenters. The SMILES string of the molecule is CCC=CC[n+]1ccn(CC)c1.F[B-](F)(F)F. The lowest BCUT2D eigenvalue weighted by molar-refractivity contribution is -0.686. The summed E-state index contributed by atoms with van der Waals surface area (Å²) in [6.07, 6.45) is 11.8. The molecule has 0 fully saturated rings. The van der Waals surface area contributed by atoms with E-state index in [0.717, 1.165) is 19.5 Å². The van der Waals surface area contributed by atoms with E-state index in [2.05, 4.69) is 53.9 Å². The van der Waals surface area contributed by atoms with E-state index in [1.54, 1.807) is 0 Å². The first-order chi connectivity index (χ1) is 7.86. The van der Waals surface area contributed by atoms with E-state index >= 15 is 0 Å². The highest BCUT2D eigenvalue weighted by molar-refractivity contribution is 6.50. The Morgan fingerprint density at radius 2 is 1.76 bits per heavy atom. The number of halogens is 4. The van der Waals surface area contributed by atoms with Crippen LogP contribution in [0.2, 0.25) is 0 Å². The maximum atomic E-state index is 9.75. The molecule has 0 saturated heterocycles. The molecular formula is C10H17BF4N2. The Bertz CT molecular complexity index is 327. The second-order valence-corrected chi connectivity index (χ2v) is 3.32. The van der Waals surface area contributed by atoms with Crippen LogP contribution < -0.4 is 4.57 Å². The van der Waals surface area contributed by atoms with Crippen LogP contribution in [0.3, 0.4) is 0 Å². The fraction of sp³-hybridized carbons (Fsp3) is 0.500. The van der Waals surface area contributed by atoms with Gasteiger partial charge in [0.1, 0.15) is 18.9 Å². The van der Waals surface area contributed by atoms with Crippen LogP contribution in [0.1, 0.15) is 20.3 Å². The second-order valence-electron chi connectivity index (χ2n) is 3.32. The summed E-state index contributed by atoms with van der Waals surface area (Å²) in [6, 6.07) is 0. The predicted molar refractivity (Wildman–Crippen MR) is 59.9 cm³/mol. The third kappa shape index (κ3) is 11.0. The van der Waals surface area contributed by atoms with Crippen molar-refractivity contribution < 1.29 is 21.8 Å². The summed E-state index contributed by atoms with van der Waals surface area (Å²) in [7, 11) is -6.00. The highest BCUT2D eigenvalue weighted by Gasteiger charge is 2.20. The molecule has 0 saturated carbocycles. The van der Waals surface area contributed by atoms with Crippen molar-refractivity contribution in [3.05, 3.63) is 30.9 Å². The van der Waals surface area contributed by atoms with Crippen molar-refractivity contribution in [1.29, 1.82) is 0 Å². The molecule has 2 nitrogen and oxygen atoms in total. The van der Waals surface area contributed by atoms with Crippen molar-refractivity contribution in [1.82, 2.24) is 4.57 Å². The minimum Gasteiger partial charge on any atom is -0.418 e. The van der Waals surface area contributed by atoms with E-state index in [1.807, 2.05) is 0 Å². The third-order valence-corrected chi connectivity index (χ3v) is 1.83. The molecular weight excluding hydrogens is 235 g/mol. The molecule has 0 radical (unpaired) electrons. The molecule has 0 aromatic carbocycles. The van der Waals surface area contributed by atoms with Gasteiger partial charge < -0.3 is 17.3 Å². The van der Waals surface area contributed by atoms with Crippen molar-refractivity contribution in [3.63, 3.8) is 0 Å². The van der Waals surface area contributed by atoms with Crippen LogP contribution in [0.4, 0.5) is 17.3 Å². The lowest BCUT2D eigenvalue weighted by atomic mass is 10.3. The summed E-state index contributed by atoms with van der Waals surface area (Å²) in [5, 5.41) is 0. The smallest absolute Gasteiger partial charge is 0.418 e. The minimum absolute atomic E-state index is 0.987. The van der Waals surface area contributed by atoms with Crippen LogP contribution in [0.25, 0.3) is 0 Å². The molecule has 0 spiro atoms. The topological polar surface area (TPSA) is 8.81 Å². The van der Waals surface area contributed by atoms with Gasteiger partial charge in [0.2, 0.25) is 6.33 Å². The zero-order valence-electron chi connectivity index (χ0n) is 9.99. The van der Waals surface area contributed by atoms with Crippen molar-refractivity contribution in [2.45, 2.75) is 33.4 Å². The van der Waals surface area contributed by atoms with Crippen LogP contribution in [0.15, 0.2) is 30.9 Å². The molecule has 98 valence electrons. The van der Waals surface area contributed by atoms with Gasteiger partial charge in [0.05, 0.1) is 6.54 Å². The predicted octanol–water partition coefficient (Wildman–Crippen LogP) is 3.06. The summed E-state index contributed by atoms with van der Waals surface area (Å²) in [5.41, 5.74) is 0. The fourth-order valence-corrected chi connectivity index (χ4v) is 1.10. The van der Waals surface area contributed by atoms with Gasteiger partial charge in [-0.3, -0.25) is 0 Å². The van der Waals surface area contributed by atoms with Gasteiger partial charge in [-0.2, -0.15) is 0 Å². The van der Waals surface area contributed by atoms with Gasteiger partial charge in [0.25, 0.3) is 0 Å². The van der Waals surface area contributed by atoms with Gasteiger partial charge in [-0.1, -0.05) is 13.0 Å². The van der Waals surface area contributed by atoms with Gasteiger partial charge in [0.15, 0.2) is 0 Å². The first-order valence-corrected chi connectivity index (χ1v) is 5.44. The molecule has 1 aromatic rings. The van der Waals surface area contributed by atoms with E-state index < -0.39 is 7.25 Å². The molecule has 0 bridgehead atoms. The first kappa shape index (κ1) is 15.7. The van der Waals surface area contributed by atoms with E-state index in [-0.39, 0.29) is 0 Å². The van der Waals surface area contributed by atoms with E-state index in [9.17, 15) is 17.3 Å². The van der Waals surface area contributed by atoms with Crippen molar-refractivity contribution in [2.24, 2.45) is 0 Å². The largest absolute Gasteiger partial charge is 0.673 e. The van der Waals surface area contributed by atoms with Gasteiger partial charge in [-0.15, -0.1) is 0 Å². The zero-order valence-corrected chi connectivity index (χ0v) is 9.99. The Hall–Kier alpha value is -1.27. The lowest BCUT2D eigenvalue weighted by Crippen LogP contribution is -2.29. The standard InChI is InChI=1S/C10H17N2.BF4/c1-3-5-6-7-12-9-8-11(4-2)10-12;2-1(3,4)5/h5-6,8-10H,3-4,7H2,1-2H3;/q+1;-1. The van der Waals surface area contributed by atoms with Crippen LogP contribution in [-0.2, 0) is 13.1 Å². The summed E-state index contributed by atoms with van der Waals surface area (Å²) >= 11 is 0. The van der Waals surface area contributed by atoms with E-state index in [1.165, 1.54) is 0 Å². The van der Waals surface area contributed by atoms with Crippen molar-refractivity contribution in [2.75, 3.05) is 0 Å². The minimum atomic E-state index is -6.00. The van der Waals surface area contributed by atoms with Gasteiger partial charge in [-0.05, 0) is 19.4 Å². The molecule has 0 aliphatic carbocycles. The van der Waals surface area contributed by atoms with Crippen LogP contribution in [0.5, 0.6) is 0 Å². The number of hydrogen-bond donors (Lipinski definition) is 0. The summed E-state index contributed by atoms with van der Waals surface area (Å²) < 4.78 is 43.3. The summed E-state index contributed by atoms with van der Waals surface area (Å²) in [5.74, 6) is 0. The van der Waals surface area contributed by atoms with E-state index in [4.69, 9.17) is 0 Å². The van der Waals surface area contributed by atoms with E-state index in [0.29, 0.717) is 0 Å². The number of imidazole rings is 1. The summed E-state index contributed by atoms with van der Waals surface area (Å²) in [4.78, 5) is 0. The molecule has 0 N–H and O–H groups in total. The van der Waals surface area contributed by atoms with Crippen LogP contribution in [0, 0.1) is 0 Å². The molecule has 0 aliphatic heterocycles. The Labute approximate surface area is 98.7 Å². The van der Waals surface area contributed by atoms with Crippen molar-refractivity contribution >= 4 is 7.25 Å². The fourth-order valence-electron chi connectivity index (χ4n) is 1.10. The Kier molecular flexibility index (Phi) is 7.33. The van der Waals surface area contributed by atoms with Gasteiger partial charge in [0, 0.05) is 0 Å². The number of nitrogens with zero attached hydrogens (tertiary/aromatic N) is 2. The molecule has 0 aliphatic rings. The quantitative estimate of drug-likeness (QED) is 0.337. The van der Waals surface area contributed by atoms with Crippen LogP contribution >= 0.6 is 0 Å². The second kappa shape index (κ2) is 7.92. The van der Waals surface area contributed by atoms with Crippen LogP contribution in [-0.4, -0.2) is 11.8 Å². The third-order valence-electron chi connectivity index (χ3n) is 1.83. The highest BCUT2D eigenvalue weighted by atomic mass is 19.5. The molecule has 1 rings (SSSR count). The number of aromatic nitrogens is 2. The number of hydrogen-bond acceptors (Lipinski definition) is 0. The Morgan fingerprint density at radius 3 is 2.18 bits per heavy atom. The Balaban J connectivity index is 0.000000437. The maximum Gasteiger partial charge on any atom is 0.673 e.